The van der Waals surface area contributed by atoms with Gasteiger partial charge in [0.15, 0.2) is 0 Å². The molecule has 1 aliphatic heterocycles. The first-order valence-corrected chi connectivity index (χ1v) is 10.9. The Morgan fingerprint density at radius 1 is 1.27 bits per heavy atom. The predicted molar refractivity (Wildman–Crippen MR) is 117 cm³/mol. The van der Waals surface area contributed by atoms with Crippen molar-refractivity contribution in [3.8, 4) is 0 Å². The Bertz CT molecular complexity index is 820. The van der Waals surface area contributed by atoms with Crippen molar-refractivity contribution in [3.63, 3.8) is 0 Å². The van der Waals surface area contributed by atoms with Crippen molar-refractivity contribution in [2.75, 3.05) is 26.7 Å². The molecular weight excluding hydrogens is 378 g/mol. The van der Waals surface area contributed by atoms with Gasteiger partial charge in [-0.05, 0) is 37.4 Å². The van der Waals surface area contributed by atoms with Crippen LogP contribution in [0, 0.1) is 0 Å². The lowest BCUT2D eigenvalue weighted by Crippen LogP contribution is -2.56. The van der Waals surface area contributed by atoms with E-state index in [4.69, 9.17) is 0 Å². The molecule has 2 aromatic rings. The summed E-state index contributed by atoms with van der Waals surface area (Å²) in [6.07, 6.45) is 4.10. The third kappa shape index (κ3) is 6.16. The molecule has 7 heteroatoms. The van der Waals surface area contributed by atoms with Crippen LogP contribution < -0.4 is 5.32 Å². The van der Waals surface area contributed by atoms with Crippen molar-refractivity contribution < 1.29 is 9.59 Å². The number of nitrogens with one attached hydrogen (secondary N) is 2. The minimum Gasteiger partial charge on any atom is -0.353 e. The Labute approximate surface area is 178 Å². The number of carbonyl (C=O) groups excluding carboxylic acids is 2. The fraction of sp³-hybridized carbons (Fsp3) is 0.522. The Morgan fingerprint density at radius 3 is 2.83 bits per heavy atom. The van der Waals surface area contributed by atoms with Gasteiger partial charge in [-0.1, -0.05) is 43.7 Å². The van der Waals surface area contributed by atoms with E-state index in [1.165, 1.54) is 5.56 Å². The topological polar surface area (TPSA) is 81.3 Å². The zero-order chi connectivity index (χ0) is 21.3. The minimum absolute atomic E-state index is 0.0308. The van der Waals surface area contributed by atoms with Gasteiger partial charge < -0.3 is 10.2 Å². The molecule has 1 saturated heterocycles. The number of aromatic amines is 1. The molecule has 1 aromatic heterocycles. The van der Waals surface area contributed by atoms with Crippen LogP contribution in [-0.4, -0.2) is 64.5 Å². The van der Waals surface area contributed by atoms with E-state index in [9.17, 15) is 9.59 Å². The third-order valence-corrected chi connectivity index (χ3v) is 5.59. The number of rotatable bonds is 10. The van der Waals surface area contributed by atoms with E-state index in [2.05, 4.69) is 39.5 Å². The number of hydrogen-bond donors (Lipinski definition) is 2. The zero-order valence-corrected chi connectivity index (χ0v) is 18.1. The Balaban J connectivity index is 1.52. The standard InChI is InChI=1S/C23H33N5O2/c1-3-8-19-15-20(26-25-19)17-27(2)22(29)16-21-23(30)24-12-14-28(21)13-7-11-18-9-5-4-6-10-18/h4-6,9-10,15,21H,3,7-8,11-14,16-17H2,1-2H3,(H,24,30)(H,25,26)/t21-/m1/s1. The highest BCUT2D eigenvalue weighted by Gasteiger charge is 2.32. The van der Waals surface area contributed by atoms with E-state index < -0.39 is 6.04 Å². The molecule has 2 N–H and O–H groups in total. The van der Waals surface area contributed by atoms with Gasteiger partial charge in [0, 0.05) is 20.1 Å². The van der Waals surface area contributed by atoms with Crippen LogP contribution in [0.25, 0.3) is 0 Å². The lowest BCUT2D eigenvalue weighted by atomic mass is 10.1. The molecule has 30 heavy (non-hydrogen) atoms. The van der Waals surface area contributed by atoms with Crippen molar-refractivity contribution in [2.24, 2.45) is 0 Å². The van der Waals surface area contributed by atoms with Crippen molar-refractivity contribution in [3.05, 3.63) is 53.3 Å². The molecule has 2 amide bonds. The van der Waals surface area contributed by atoms with E-state index in [0.29, 0.717) is 13.1 Å². The minimum atomic E-state index is -0.401. The maximum Gasteiger partial charge on any atom is 0.237 e. The molecule has 2 heterocycles. The van der Waals surface area contributed by atoms with Crippen LogP contribution in [0.1, 0.15) is 43.1 Å². The highest BCUT2D eigenvalue weighted by atomic mass is 16.2. The molecule has 1 aromatic carbocycles. The number of nitrogens with zero attached hydrogens (tertiary/aromatic N) is 3. The zero-order valence-electron chi connectivity index (χ0n) is 18.1. The smallest absolute Gasteiger partial charge is 0.237 e. The predicted octanol–water partition coefficient (Wildman–Crippen LogP) is 2.14. The Kier molecular flexibility index (Phi) is 8.02. The molecule has 162 valence electrons. The van der Waals surface area contributed by atoms with Gasteiger partial charge in [-0.2, -0.15) is 5.10 Å². The summed E-state index contributed by atoms with van der Waals surface area (Å²) < 4.78 is 0. The van der Waals surface area contributed by atoms with Crippen molar-refractivity contribution in [2.45, 2.75) is 51.6 Å². The van der Waals surface area contributed by atoms with Crippen LogP contribution in [0.2, 0.25) is 0 Å². The molecule has 0 aliphatic carbocycles. The number of H-pyrrole nitrogens is 1. The molecule has 1 atom stereocenters. The van der Waals surface area contributed by atoms with Gasteiger partial charge in [0.1, 0.15) is 0 Å². The summed E-state index contributed by atoms with van der Waals surface area (Å²) in [5, 5.41) is 10.2. The van der Waals surface area contributed by atoms with E-state index >= 15 is 0 Å². The summed E-state index contributed by atoms with van der Waals surface area (Å²) in [6, 6.07) is 12.0. The van der Waals surface area contributed by atoms with Crippen LogP contribution in [0.5, 0.6) is 0 Å². The number of aromatic nitrogens is 2. The number of amides is 2. The van der Waals surface area contributed by atoms with Gasteiger partial charge in [0.2, 0.25) is 11.8 Å². The first kappa shape index (κ1) is 22.0. The van der Waals surface area contributed by atoms with E-state index in [0.717, 1.165) is 50.2 Å². The molecule has 0 saturated carbocycles. The first-order valence-electron chi connectivity index (χ1n) is 10.9. The lowest BCUT2D eigenvalue weighted by molar-refractivity contribution is -0.138. The first-order chi connectivity index (χ1) is 14.6. The molecular formula is C23H33N5O2. The third-order valence-electron chi connectivity index (χ3n) is 5.59. The molecule has 0 spiro atoms. The van der Waals surface area contributed by atoms with Gasteiger partial charge in [0.05, 0.1) is 30.4 Å². The van der Waals surface area contributed by atoms with Gasteiger partial charge in [-0.15, -0.1) is 0 Å². The van der Waals surface area contributed by atoms with E-state index in [1.54, 1.807) is 11.9 Å². The molecule has 0 bridgehead atoms. The summed E-state index contributed by atoms with van der Waals surface area (Å²) in [7, 11) is 1.78. The van der Waals surface area contributed by atoms with Gasteiger partial charge in [-0.3, -0.25) is 19.6 Å². The van der Waals surface area contributed by atoms with Crippen molar-refractivity contribution >= 4 is 11.8 Å². The quantitative estimate of drug-likeness (QED) is 0.628. The fourth-order valence-electron chi connectivity index (χ4n) is 3.92. The normalized spacial score (nSPS) is 17.0. The molecule has 1 fully saturated rings. The second-order valence-electron chi connectivity index (χ2n) is 8.02. The maximum atomic E-state index is 12.8. The van der Waals surface area contributed by atoms with Gasteiger partial charge in [-0.25, -0.2) is 0 Å². The van der Waals surface area contributed by atoms with E-state index in [-0.39, 0.29) is 18.2 Å². The second kappa shape index (κ2) is 10.9. The van der Waals surface area contributed by atoms with Crippen LogP contribution >= 0.6 is 0 Å². The molecule has 0 unspecified atom stereocenters. The van der Waals surface area contributed by atoms with Crippen LogP contribution in [0.4, 0.5) is 0 Å². The number of aryl methyl sites for hydroxylation is 2. The summed E-state index contributed by atoms with van der Waals surface area (Å²) in [6.45, 7) is 4.82. The highest BCUT2D eigenvalue weighted by molar-refractivity contribution is 5.88. The summed E-state index contributed by atoms with van der Waals surface area (Å²) >= 11 is 0. The van der Waals surface area contributed by atoms with Gasteiger partial charge in [0.25, 0.3) is 0 Å². The highest BCUT2D eigenvalue weighted by Crippen LogP contribution is 2.14. The fourth-order valence-corrected chi connectivity index (χ4v) is 3.92. The summed E-state index contributed by atoms with van der Waals surface area (Å²) in [4.78, 5) is 29.1. The van der Waals surface area contributed by atoms with Crippen LogP contribution in [0.15, 0.2) is 36.4 Å². The van der Waals surface area contributed by atoms with Crippen LogP contribution in [-0.2, 0) is 29.0 Å². The average Bonchev–Trinajstić information content (AvgIpc) is 3.18. The second-order valence-corrected chi connectivity index (χ2v) is 8.02. The monoisotopic (exact) mass is 411 g/mol. The van der Waals surface area contributed by atoms with E-state index in [1.807, 2.05) is 24.3 Å². The Hall–Kier alpha value is -2.67. The number of piperazine rings is 1. The average molecular weight is 412 g/mol. The number of hydrogen-bond acceptors (Lipinski definition) is 4. The maximum absolute atomic E-state index is 12.8. The summed E-state index contributed by atoms with van der Waals surface area (Å²) in [5.41, 5.74) is 3.24. The van der Waals surface area contributed by atoms with Gasteiger partial charge >= 0.3 is 0 Å². The van der Waals surface area contributed by atoms with Crippen molar-refractivity contribution in [1.82, 2.24) is 25.3 Å². The van der Waals surface area contributed by atoms with Crippen LogP contribution in [0.3, 0.4) is 0 Å². The summed E-state index contributed by atoms with van der Waals surface area (Å²) in [5.74, 6) is -0.0776. The molecule has 1 aliphatic rings. The lowest BCUT2D eigenvalue weighted by Gasteiger charge is -2.35. The number of benzene rings is 1. The SMILES string of the molecule is CCCc1cc(CN(C)C(=O)C[C@@H]2C(=O)NCCN2CCCc2ccccc2)[nH]n1. The Morgan fingerprint density at radius 2 is 2.07 bits per heavy atom. The molecule has 3 rings (SSSR count). The molecule has 7 nitrogen and oxygen atoms in total. The number of carbonyl (C=O) groups is 2. The molecule has 0 radical (unpaired) electrons. The largest absolute Gasteiger partial charge is 0.353 e. The van der Waals surface area contributed by atoms with Crippen molar-refractivity contribution in [1.29, 1.82) is 0 Å².